The van der Waals surface area contributed by atoms with Gasteiger partial charge in [0, 0.05) is 19.0 Å². The number of ether oxygens (including phenoxy) is 1. The number of esters is 1. The molecule has 0 fully saturated rings. The van der Waals surface area contributed by atoms with Crippen LogP contribution in [0, 0.1) is 0 Å². The zero-order chi connectivity index (χ0) is 11.8. The quantitative estimate of drug-likeness (QED) is 0.470. The first-order valence-electron chi connectivity index (χ1n) is 5.09. The first kappa shape index (κ1) is 12.7. The Hall–Kier alpha value is -1.36. The van der Waals surface area contributed by atoms with Gasteiger partial charge in [-0.1, -0.05) is 11.6 Å². The van der Waals surface area contributed by atoms with Crippen LogP contribution in [0.4, 0.5) is 5.82 Å². The van der Waals surface area contributed by atoms with Gasteiger partial charge in [-0.25, -0.2) is 9.97 Å². The average molecular weight is 244 g/mol. The number of halogens is 1. The van der Waals surface area contributed by atoms with Gasteiger partial charge in [0.1, 0.15) is 17.3 Å². The summed E-state index contributed by atoms with van der Waals surface area (Å²) in [5.41, 5.74) is 0. The fraction of sp³-hybridized carbons (Fsp3) is 0.500. The molecule has 0 bridgehead atoms. The van der Waals surface area contributed by atoms with Crippen LogP contribution in [-0.2, 0) is 9.53 Å². The molecule has 1 rings (SSSR count). The molecule has 0 aliphatic heterocycles. The number of anilines is 1. The largest absolute Gasteiger partial charge is 0.466 e. The van der Waals surface area contributed by atoms with Gasteiger partial charge in [0.2, 0.25) is 0 Å². The van der Waals surface area contributed by atoms with Crippen molar-refractivity contribution >= 4 is 23.4 Å². The van der Waals surface area contributed by atoms with E-state index in [2.05, 4.69) is 15.3 Å². The molecule has 0 aromatic carbocycles. The van der Waals surface area contributed by atoms with Crippen molar-refractivity contribution in [2.24, 2.45) is 0 Å². The Balaban J connectivity index is 2.18. The third-order valence-corrected chi connectivity index (χ3v) is 2.01. The van der Waals surface area contributed by atoms with Crippen LogP contribution in [0.1, 0.15) is 19.8 Å². The van der Waals surface area contributed by atoms with Crippen molar-refractivity contribution in [3.8, 4) is 0 Å². The van der Waals surface area contributed by atoms with E-state index in [0.717, 1.165) is 0 Å². The molecule has 1 N–H and O–H groups in total. The van der Waals surface area contributed by atoms with Gasteiger partial charge in [0.15, 0.2) is 0 Å². The molecule has 0 aliphatic rings. The van der Waals surface area contributed by atoms with Crippen LogP contribution in [0.3, 0.4) is 0 Å². The predicted octanol–water partition coefficient (Wildman–Crippen LogP) is 1.89. The predicted molar refractivity (Wildman–Crippen MR) is 61.4 cm³/mol. The second-order valence-electron chi connectivity index (χ2n) is 3.06. The van der Waals surface area contributed by atoms with Gasteiger partial charge in [-0.05, 0) is 13.3 Å². The lowest BCUT2D eigenvalue weighted by Gasteiger charge is -2.05. The molecule has 16 heavy (non-hydrogen) atoms. The van der Waals surface area contributed by atoms with E-state index in [9.17, 15) is 4.79 Å². The topological polar surface area (TPSA) is 64.1 Å². The number of rotatable bonds is 6. The van der Waals surface area contributed by atoms with E-state index < -0.39 is 0 Å². The van der Waals surface area contributed by atoms with Crippen LogP contribution in [0.25, 0.3) is 0 Å². The van der Waals surface area contributed by atoms with Crippen molar-refractivity contribution in [2.45, 2.75) is 19.8 Å². The molecule has 0 saturated carbocycles. The highest BCUT2D eigenvalue weighted by molar-refractivity contribution is 6.29. The maximum atomic E-state index is 11.0. The van der Waals surface area contributed by atoms with Crippen LogP contribution in [0.2, 0.25) is 5.15 Å². The van der Waals surface area contributed by atoms with Gasteiger partial charge in [-0.15, -0.1) is 0 Å². The number of carbonyl (C=O) groups excluding carboxylic acids is 1. The number of hydrogen-bond donors (Lipinski definition) is 1. The van der Waals surface area contributed by atoms with Crippen molar-refractivity contribution in [1.82, 2.24) is 9.97 Å². The fourth-order valence-electron chi connectivity index (χ4n) is 1.11. The van der Waals surface area contributed by atoms with Crippen molar-refractivity contribution in [3.05, 3.63) is 17.5 Å². The average Bonchev–Trinajstić information content (AvgIpc) is 2.25. The van der Waals surface area contributed by atoms with Gasteiger partial charge >= 0.3 is 5.97 Å². The summed E-state index contributed by atoms with van der Waals surface area (Å²) in [6, 6.07) is 1.63. The Bertz CT molecular complexity index is 347. The Morgan fingerprint density at radius 2 is 2.38 bits per heavy atom. The van der Waals surface area contributed by atoms with Crippen LogP contribution in [0.5, 0.6) is 0 Å². The van der Waals surface area contributed by atoms with E-state index >= 15 is 0 Å². The molecule has 1 aromatic rings. The molecule has 6 heteroatoms. The Kier molecular flexibility index (Phi) is 5.56. The number of hydrogen-bond acceptors (Lipinski definition) is 5. The second kappa shape index (κ2) is 7.00. The van der Waals surface area contributed by atoms with Crippen LogP contribution < -0.4 is 5.32 Å². The molecule has 5 nitrogen and oxygen atoms in total. The molecule has 0 radical (unpaired) electrons. The minimum Gasteiger partial charge on any atom is -0.466 e. The SMILES string of the molecule is CCOC(=O)CCCNc1cc(Cl)ncn1. The van der Waals surface area contributed by atoms with Gasteiger partial charge in [-0.3, -0.25) is 4.79 Å². The summed E-state index contributed by atoms with van der Waals surface area (Å²) in [5, 5.41) is 3.43. The summed E-state index contributed by atoms with van der Waals surface area (Å²) in [6.07, 6.45) is 2.48. The van der Waals surface area contributed by atoms with E-state index in [1.807, 2.05) is 0 Å². The number of nitrogens with one attached hydrogen (secondary N) is 1. The lowest BCUT2D eigenvalue weighted by molar-refractivity contribution is -0.143. The zero-order valence-electron chi connectivity index (χ0n) is 9.07. The maximum Gasteiger partial charge on any atom is 0.305 e. The molecule has 1 aromatic heterocycles. The summed E-state index contributed by atoms with van der Waals surface area (Å²) in [6.45, 7) is 2.86. The van der Waals surface area contributed by atoms with Crippen molar-refractivity contribution in [2.75, 3.05) is 18.5 Å². The first-order chi connectivity index (χ1) is 7.72. The minimum absolute atomic E-state index is 0.176. The summed E-state index contributed by atoms with van der Waals surface area (Å²) in [4.78, 5) is 18.7. The molecule has 0 aliphatic carbocycles. The van der Waals surface area contributed by atoms with Gasteiger partial charge in [-0.2, -0.15) is 0 Å². The summed E-state index contributed by atoms with van der Waals surface area (Å²) in [5.74, 6) is 0.480. The third-order valence-electron chi connectivity index (χ3n) is 1.80. The first-order valence-corrected chi connectivity index (χ1v) is 5.47. The van der Waals surface area contributed by atoms with Gasteiger partial charge in [0.05, 0.1) is 6.61 Å². The molecular weight excluding hydrogens is 230 g/mol. The molecule has 88 valence electrons. The normalized spacial score (nSPS) is 9.88. The maximum absolute atomic E-state index is 11.0. The number of aromatic nitrogens is 2. The highest BCUT2D eigenvalue weighted by Crippen LogP contribution is 2.08. The molecule has 0 amide bonds. The van der Waals surface area contributed by atoms with Crippen LogP contribution >= 0.6 is 11.6 Å². The summed E-state index contributed by atoms with van der Waals surface area (Å²) < 4.78 is 4.80. The molecular formula is C10H14ClN3O2. The Labute approximate surface area is 99.2 Å². The second-order valence-corrected chi connectivity index (χ2v) is 3.45. The standard InChI is InChI=1S/C10H14ClN3O2/c1-2-16-10(15)4-3-5-12-9-6-8(11)13-7-14-9/h6-7H,2-5H2,1H3,(H,12,13,14). The van der Waals surface area contributed by atoms with E-state index in [1.165, 1.54) is 6.33 Å². The Morgan fingerprint density at radius 1 is 1.56 bits per heavy atom. The molecule has 0 atom stereocenters. The van der Waals surface area contributed by atoms with Crippen LogP contribution in [0.15, 0.2) is 12.4 Å². The van der Waals surface area contributed by atoms with E-state index in [0.29, 0.717) is 37.0 Å². The number of carbonyl (C=O) groups is 1. The highest BCUT2D eigenvalue weighted by atomic mass is 35.5. The molecule has 1 heterocycles. The summed E-state index contributed by atoms with van der Waals surface area (Å²) >= 11 is 5.68. The molecule has 0 saturated heterocycles. The van der Waals surface area contributed by atoms with E-state index in [-0.39, 0.29) is 5.97 Å². The van der Waals surface area contributed by atoms with Gasteiger partial charge in [0.25, 0.3) is 0 Å². The lowest BCUT2D eigenvalue weighted by atomic mass is 10.3. The van der Waals surface area contributed by atoms with E-state index in [1.54, 1.807) is 13.0 Å². The zero-order valence-corrected chi connectivity index (χ0v) is 9.83. The lowest BCUT2D eigenvalue weighted by Crippen LogP contribution is -2.08. The van der Waals surface area contributed by atoms with Crippen molar-refractivity contribution < 1.29 is 9.53 Å². The summed E-state index contributed by atoms with van der Waals surface area (Å²) in [7, 11) is 0. The monoisotopic (exact) mass is 243 g/mol. The minimum atomic E-state index is -0.176. The Morgan fingerprint density at radius 3 is 3.06 bits per heavy atom. The third kappa shape index (κ3) is 4.93. The smallest absolute Gasteiger partial charge is 0.305 e. The van der Waals surface area contributed by atoms with Crippen molar-refractivity contribution in [3.63, 3.8) is 0 Å². The van der Waals surface area contributed by atoms with Crippen LogP contribution in [-0.4, -0.2) is 29.1 Å². The van der Waals surface area contributed by atoms with Gasteiger partial charge < -0.3 is 10.1 Å². The molecule has 0 unspecified atom stereocenters. The fourth-order valence-corrected chi connectivity index (χ4v) is 1.26. The van der Waals surface area contributed by atoms with Crippen molar-refractivity contribution in [1.29, 1.82) is 0 Å². The highest BCUT2D eigenvalue weighted by Gasteiger charge is 2.01. The number of nitrogens with zero attached hydrogens (tertiary/aromatic N) is 2. The van der Waals surface area contributed by atoms with E-state index in [4.69, 9.17) is 16.3 Å². The molecule has 0 spiro atoms.